The van der Waals surface area contributed by atoms with E-state index >= 15 is 0 Å². The van der Waals surface area contributed by atoms with E-state index in [-0.39, 0.29) is 76.4 Å². The van der Waals surface area contributed by atoms with E-state index in [9.17, 15) is 21.7 Å². The fourth-order valence-corrected chi connectivity index (χ4v) is 6.51. The van der Waals surface area contributed by atoms with Crippen molar-refractivity contribution < 1.29 is 45.1 Å². The van der Waals surface area contributed by atoms with Gasteiger partial charge in [-0.1, -0.05) is 78.5 Å². The third-order valence-electron chi connectivity index (χ3n) is 9.39. The smallest absolute Gasteiger partial charge is 0.500 e. The molecule has 4 heterocycles. The summed E-state index contributed by atoms with van der Waals surface area (Å²) in [5.41, 5.74) is -0.270. The van der Waals surface area contributed by atoms with Crippen molar-refractivity contribution in [3.63, 3.8) is 0 Å². The van der Waals surface area contributed by atoms with Crippen LogP contribution >= 0.6 is 0 Å². The Bertz CT molecular complexity index is 3490. The summed E-state index contributed by atoms with van der Waals surface area (Å²) in [4.78, 5) is 13.2. The van der Waals surface area contributed by atoms with E-state index < -0.39 is 61.3 Å². The first kappa shape index (κ1) is 25.9. The molecule has 0 aliphatic heterocycles. The molecule has 292 valence electrons. The molecule has 0 radical (unpaired) electrons. The molecule has 0 atom stereocenters. The Labute approximate surface area is 386 Å². The van der Waals surface area contributed by atoms with Crippen molar-refractivity contribution in [1.82, 2.24) is 15.0 Å². The van der Waals surface area contributed by atoms with Crippen molar-refractivity contribution in [3.05, 3.63) is 209 Å². The van der Waals surface area contributed by atoms with E-state index in [0.717, 1.165) is 36.8 Å². The number of aryl methyl sites for hydroxylation is 7. The largest absolute Gasteiger partial charge is 3.00 e. The number of fused-ring (bicyclic) bond motifs is 3. The van der Waals surface area contributed by atoms with E-state index in [2.05, 4.69) is 33.2 Å². The number of pyridine rings is 3. The molecule has 4 aromatic heterocycles. The Balaban J connectivity index is 0.00000747. The minimum absolute atomic E-state index is 0. The third kappa shape index (κ3) is 8.89. The van der Waals surface area contributed by atoms with Gasteiger partial charge in [0.2, 0.25) is 0 Å². The molecular formula is C54H41IrN4O. The van der Waals surface area contributed by atoms with Crippen LogP contribution in [0.5, 0.6) is 0 Å². The number of hydrogen-bond acceptors (Lipinski definition) is 5. The van der Waals surface area contributed by atoms with E-state index in [1.54, 1.807) is 60.7 Å². The summed E-state index contributed by atoms with van der Waals surface area (Å²) in [6.45, 7) is 1.25. The van der Waals surface area contributed by atoms with Crippen LogP contribution in [0, 0.1) is 29.5 Å². The van der Waals surface area contributed by atoms with Crippen molar-refractivity contribution in [2.75, 3.05) is 0 Å². The van der Waals surface area contributed by atoms with Crippen LogP contribution in [0.3, 0.4) is 0 Å². The number of rotatable bonds is 13. The van der Waals surface area contributed by atoms with Gasteiger partial charge in [0.1, 0.15) is 5.58 Å². The van der Waals surface area contributed by atoms with Crippen molar-refractivity contribution in [3.8, 4) is 39.8 Å². The fourth-order valence-electron chi connectivity index (χ4n) is 6.51. The van der Waals surface area contributed by atoms with Gasteiger partial charge in [0.25, 0.3) is 0 Å². The molecule has 6 heteroatoms. The van der Waals surface area contributed by atoms with Gasteiger partial charge in [0.15, 0.2) is 0 Å². The molecular weight excluding hydrogens is 913 g/mol. The number of nitrogens with zero attached hydrogens (tertiary/aromatic N) is 4. The molecule has 0 amide bonds. The SMILES string of the molecule is [2H]c1cc2c(oc3c(-c4ccc(C([2H])([2H])C([2H])([2H])c5cc(C([2H])([2H])C([2H])([2H])c6ccc(-c7[c-]cccc7)nc6)cc(C([2H])([2H])C([2H])([2H])c6ccc(-c7[c-]cccc7)nc6)c5)cn4)[c-]ccc32)c(C([2H])([2H])C)c1C#N.[Ir+3]. The van der Waals surface area contributed by atoms with Crippen LogP contribution in [0.25, 0.3) is 55.7 Å². The van der Waals surface area contributed by atoms with Gasteiger partial charge in [-0.25, -0.2) is 0 Å². The second-order valence-electron chi connectivity index (χ2n) is 13.2. The van der Waals surface area contributed by atoms with E-state index in [1.807, 2.05) is 6.07 Å². The molecule has 9 aromatic rings. The van der Waals surface area contributed by atoms with Gasteiger partial charge in [0, 0.05) is 48.7 Å². The molecule has 0 aliphatic rings. The van der Waals surface area contributed by atoms with Crippen molar-refractivity contribution in [2.24, 2.45) is 0 Å². The molecule has 0 N–H and O–H groups in total. The van der Waals surface area contributed by atoms with Crippen LogP contribution < -0.4 is 0 Å². The monoisotopic (exact) mass is 969 g/mol. The van der Waals surface area contributed by atoms with Gasteiger partial charge in [-0.2, -0.15) is 5.26 Å². The molecule has 5 nitrogen and oxygen atoms in total. The molecule has 0 saturated heterocycles. The Hall–Kier alpha value is -6.51. The Morgan fingerprint density at radius 2 is 1.08 bits per heavy atom. The van der Waals surface area contributed by atoms with Crippen molar-refractivity contribution in [1.29, 1.82) is 5.26 Å². The van der Waals surface area contributed by atoms with E-state index in [4.69, 9.17) is 8.53 Å². The van der Waals surface area contributed by atoms with Crippen LogP contribution in [0.1, 0.15) is 72.0 Å². The Morgan fingerprint density at radius 1 is 0.583 bits per heavy atom. The zero-order valence-electron chi connectivity index (χ0n) is 46.8. The minimum Gasteiger partial charge on any atom is -0.500 e. The summed E-state index contributed by atoms with van der Waals surface area (Å²) in [6.07, 6.45) is -17.1. The summed E-state index contributed by atoms with van der Waals surface area (Å²) < 4.78 is 144. The van der Waals surface area contributed by atoms with Gasteiger partial charge < -0.3 is 19.4 Å². The van der Waals surface area contributed by atoms with Crippen LogP contribution in [-0.2, 0) is 64.7 Å². The van der Waals surface area contributed by atoms with Crippen LogP contribution in [0.4, 0.5) is 0 Å². The van der Waals surface area contributed by atoms with Gasteiger partial charge in [-0.3, -0.25) is 0 Å². The first-order valence-corrected chi connectivity index (χ1v) is 18.6. The molecule has 0 aliphatic carbocycles. The van der Waals surface area contributed by atoms with Gasteiger partial charge in [-0.15, -0.1) is 90.0 Å². The summed E-state index contributed by atoms with van der Waals surface area (Å²) in [6, 6.07) is 40.4. The predicted octanol–water partition coefficient (Wildman–Crippen LogP) is 12.0. The van der Waals surface area contributed by atoms with Crippen molar-refractivity contribution in [2.45, 2.75) is 51.5 Å². The maximum atomic E-state index is 9.86. The second-order valence-corrected chi connectivity index (χ2v) is 13.2. The maximum Gasteiger partial charge on any atom is 3.00 e. The van der Waals surface area contributed by atoms with Crippen LogP contribution in [-0.4, -0.2) is 15.0 Å². The molecule has 0 unspecified atom stereocenters. The molecule has 0 saturated carbocycles. The average Bonchev–Trinajstić information content (AvgIpc) is 3.76. The van der Waals surface area contributed by atoms with Crippen LogP contribution in [0.15, 0.2) is 150 Å². The number of furan rings is 1. The maximum absolute atomic E-state index is 9.86. The molecule has 0 fully saturated rings. The molecule has 9 rings (SSSR count). The topological polar surface area (TPSA) is 75.6 Å². The second kappa shape index (κ2) is 18.6. The predicted molar refractivity (Wildman–Crippen MR) is 236 cm³/mol. The number of hydrogen-bond donors (Lipinski definition) is 0. The number of benzene rings is 5. The zero-order chi connectivity index (χ0) is 53.4. The number of aromatic nitrogens is 3. The zero-order valence-corrected chi connectivity index (χ0v) is 34.2. The first-order chi connectivity index (χ1) is 34.7. The van der Waals surface area contributed by atoms with Crippen molar-refractivity contribution >= 4 is 21.9 Å². The summed E-state index contributed by atoms with van der Waals surface area (Å²) >= 11 is 0. The molecule has 0 spiro atoms. The first-order valence-electron chi connectivity index (χ1n) is 26.1. The average molecular weight is 969 g/mol. The molecule has 60 heavy (non-hydrogen) atoms. The summed E-state index contributed by atoms with van der Waals surface area (Å²) in [5.74, 6) is 0. The normalized spacial score (nSPS) is 16.4. The van der Waals surface area contributed by atoms with Gasteiger partial charge in [0.05, 0.1) is 18.6 Å². The third-order valence-corrected chi connectivity index (χ3v) is 9.39. The van der Waals surface area contributed by atoms with Gasteiger partial charge in [-0.05, 0) is 101 Å². The minimum atomic E-state index is -3.19. The fraction of sp³-hybridized carbons (Fsp3) is 0.148. The Kier molecular flexibility index (Phi) is 8.02. The molecule has 0 bridgehead atoms. The van der Waals surface area contributed by atoms with Crippen LogP contribution in [0.2, 0.25) is 0 Å². The summed E-state index contributed by atoms with van der Waals surface area (Å²) in [5, 5.41) is 10.7. The van der Waals surface area contributed by atoms with E-state index in [1.165, 1.54) is 49.4 Å². The Morgan fingerprint density at radius 3 is 1.53 bits per heavy atom. The number of nitriles is 1. The van der Waals surface area contributed by atoms with E-state index in [0.29, 0.717) is 33.3 Å². The standard InChI is InChI=1S/C54H41N4O.Ir/c1-2-46-45(33-55)25-26-48-47-14-9-15-49(54(47)59-53(46)48)52-29-24-39(36-58-52)18-21-42-31-40(19-16-37-22-27-50(56-34-37)43-10-5-3-6-11-43)30-41(32-42)20-17-38-23-28-51(57-35-38)44-12-7-4-8-13-44;/h3-10,12,14,22-32,34-36H,2,16-21H2,1H3;/q-3;+3/i2D2,16D2,17D2,18D2,19D2,20D2,21D2,25D;. The summed E-state index contributed by atoms with van der Waals surface area (Å²) in [7, 11) is 0. The van der Waals surface area contributed by atoms with Gasteiger partial charge >= 0.3 is 20.1 Å². The molecule has 5 aromatic carbocycles. The quantitative estimate of drug-likeness (QED) is 0.108.